The number of ketones is 1. The van der Waals surface area contributed by atoms with Crippen LogP contribution in [0.15, 0.2) is 34.8 Å². The topological polar surface area (TPSA) is 42.1 Å². The minimum atomic E-state index is -1.12. The molecule has 2 rings (SSSR count). The van der Waals surface area contributed by atoms with Gasteiger partial charge < -0.3 is 9.72 Å². The van der Waals surface area contributed by atoms with Crippen LogP contribution in [0.4, 0.5) is 4.39 Å². The summed E-state index contributed by atoms with van der Waals surface area (Å²) >= 11 is 3.37. The van der Waals surface area contributed by atoms with Crippen LogP contribution in [0.1, 0.15) is 17.4 Å². The molecule has 0 saturated heterocycles. The maximum Gasteiger partial charge on any atom is 0.204 e. The zero-order valence-electron chi connectivity index (χ0n) is 10.9. The molecule has 1 aromatic carbocycles. The lowest BCUT2D eigenvalue weighted by atomic mass is 10.1. The number of rotatable bonds is 5. The lowest BCUT2D eigenvalue weighted by molar-refractivity contribution is 0.103. The molecule has 106 valence electrons. The molecule has 0 aliphatic rings. The van der Waals surface area contributed by atoms with Gasteiger partial charge in [-0.3, -0.25) is 4.79 Å². The Bertz CT molecular complexity index is 681. The monoisotopic (exact) mass is 357 g/mol. The Morgan fingerprint density at radius 3 is 2.85 bits per heavy atom. The van der Waals surface area contributed by atoms with Crippen molar-refractivity contribution >= 4 is 41.9 Å². The number of Topliss-reactive ketones (excluding diaryl/α,β-unsaturated/α-hetero) is 1. The molecular formula is C14H14BrFNO2P. The predicted molar refractivity (Wildman–Crippen MR) is 85.2 cm³/mol. The molecule has 1 aromatic heterocycles. The average Bonchev–Trinajstić information content (AvgIpc) is 2.77. The van der Waals surface area contributed by atoms with Crippen LogP contribution in [-0.2, 0) is 0 Å². The van der Waals surface area contributed by atoms with Gasteiger partial charge in [0.05, 0.1) is 10.2 Å². The lowest BCUT2D eigenvalue weighted by Gasteiger charge is -2.08. The highest BCUT2D eigenvalue weighted by atomic mass is 79.9. The second-order valence-corrected chi connectivity index (χ2v) is 6.07. The number of fused-ring (bicyclic) bond motifs is 1. The zero-order chi connectivity index (χ0) is 14.9. The summed E-state index contributed by atoms with van der Waals surface area (Å²) in [5.74, 6) is -0.714. The van der Waals surface area contributed by atoms with Crippen molar-refractivity contribution in [3.63, 3.8) is 0 Å². The molecule has 2 aromatic rings. The summed E-state index contributed by atoms with van der Waals surface area (Å²) in [4.78, 5) is 14.9. The van der Waals surface area contributed by atoms with Crippen LogP contribution in [-0.4, -0.2) is 23.3 Å². The van der Waals surface area contributed by atoms with E-state index in [9.17, 15) is 9.18 Å². The smallest absolute Gasteiger partial charge is 0.204 e. The summed E-state index contributed by atoms with van der Waals surface area (Å²) in [5, 5.41) is 0.826. The number of alkyl halides is 1. The van der Waals surface area contributed by atoms with Crippen molar-refractivity contribution in [1.29, 1.82) is 0 Å². The highest BCUT2D eigenvalue weighted by molar-refractivity contribution is 9.10. The molecular weight excluding hydrogens is 344 g/mol. The summed E-state index contributed by atoms with van der Waals surface area (Å²) in [7, 11) is 2.03. The fourth-order valence-corrected chi connectivity index (χ4v) is 2.32. The Labute approximate surface area is 126 Å². The van der Waals surface area contributed by atoms with E-state index < -0.39 is 5.91 Å². The Kier molecular flexibility index (Phi) is 4.61. The third-order valence-corrected chi connectivity index (χ3v) is 3.52. The number of carbonyl (C=O) groups is 1. The normalized spacial score (nSPS) is 12.4. The first-order valence-corrected chi connectivity index (χ1v) is 7.39. The summed E-state index contributed by atoms with van der Waals surface area (Å²) < 4.78 is 18.9. The average molecular weight is 358 g/mol. The van der Waals surface area contributed by atoms with E-state index in [4.69, 9.17) is 4.74 Å². The maximum absolute atomic E-state index is 12.8. The molecule has 1 unspecified atom stereocenters. The first-order valence-electron chi connectivity index (χ1n) is 5.93. The molecule has 0 aliphatic carbocycles. The summed E-state index contributed by atoms with van der Waals surface area (Å²) in [6.07, 6.45) is 0. The van der Waals surface area contributed by atoms with Gasteiger partial charge in [-0.15, -0.1) is 0 Å². The molecule has 20 heavy (non-hydrogen) atoms. The van der Waals surface area contributed by atoms with E-state index in [0.717, 1.165) is 10.9 Å². The highest BCUT2D eigenvalue weighted by Crippen LogP contribution is 2.31. The third kappa shape index (κ3) is 3.28. The Balaban J connectivity index is 2.38. The number of halogens is 2. The first-order chi connectivity index (χ1) is 9.38. The van der Waals surface area contributed by atoms with Crippen molar-refractivity contribution in [2.45, 2.75) is 12.8 Å². The molecule has 0 aliphatic heterocycles. The molecule has 1 heterocycles. The van der Waals surface area contributed by atoms with Crippen LogP contribution in [0.25, 0.3) is 10.9 Å². The molecule has 0 spiro atoms. The number of ether oxygens (including phenoxy) is 1. The number of nitrogens with one attached hydrogen (secondary N) is 1. The quantitative estimate of drug-likeness (QED) is 0.494. The molecule has 6 heteroatoms. The van der Waals surface area contributed by atoms with Gasteiger partial charge in [-0.25, -0.2) is 4.39 Å². The Morgan fingerprint density at radius 2 is 2.25 bits per heavy atom. The van der Waals surface area contributed by atoms with Crippen LogP contribution < -0.4 is 4.74 Å². The number of H-pyrrole nitrogens is 1. The SMILES string of the molecule is C=C(C)C(=O)c1cc2cc(OC[C@H](F)P)c(Br)cc2[nH]1. The second-order valence-electron chi connectivity index (χ2n) is 4.49. The van der Waals surface area contributed by atoms with E-state index in [1.165, 1.54) is 0 Å². The molecule has 0 bridgehead atoms. The van der Waals surface area contributed by atoms with Crippen LogP contribution in [0.2, 0.25) is 0 Å². The number of benzene rings is 1. The molecule has 0 saturated carbocycles. The van der Waals surface area contributed by atoms with Gasteiger partial charge in [-0.05, 0) is 46.6 Å². The van der Waals surface area contributed by atoms with Crippen molar-refractivity contribution in [1.82, 2.24) is 4.98 Å². The van der Waals surface area contributed by atoms with Crippen molar-refractivity contribution in [3.8, 4) is 5.75 Å². The van der Waals surface area contributed by atoms with Gasteiger partial charge in [0, 0.05) is 10.9 Å². The molecule has 2 atom stereocenters. The van der Waals surface area contributed by atoms with Crippen LogP contribution in [0.3, 0.4) is 0 Å². The van der Waals surface area contributed by atoms with Gasteiger partial charge >= 0.3 is 0 Å². The zero-order valence-corrected chi connectivity index (χ0v) is 13.6. The minimum absolute atomic E-state index is 0.0449. The molecule has 0 fully saturated rings. The summed E-state index contributed by atoms with van der Waals surface area (Å²) in [5.41, 5.74) is 1.75. The van der Waals surface area contributed by atoms with E-state index in [-0.39, 0.29) is 12.4 Å². The molecule has 0 amide bonds. The molecule has 1 N–H and O–H groups in total. The first kappa shape index (κ1) is 15.2. The van der Waals surface area contributed by atoms with E-state index in [2.05, 4.69) is 27.5 Å². The van der Waals surface area contributed by atoms with Crippen LogP contribution in [0.5, 0.6) is 5.75 Å². The van der Waals surface area contributed by atoms with Gasteiger partial charge in [0.2, 0.25) is 5.78 Å². The predicted octanol–water partition coefficient (Wildman–Crippen LogP) is 4.24. The van der Waals surface area contributed by atoms with E-state index in [1.54, 1.807) is 25.1 Å². The van der Waals surface area contributed by atoms with Gasteiger partial charge in [-0.2, -0.15) is 0 Å². The van der Waals surface area contributed by atoms with Crippen molar-refractivity contribution in [2.24, 2.45) is 0 Å². The van der Waals surface area contributed by atoms with E-state index in [1.807, 2.05) is 9.24 Å². The number of aromatic nitrogens is 1. The number of carbonyl (C=O) groups excluding carboxylic acids is 1. The van der Waals surface area contributed by atoms with Crippen molar-refractivity contribution < 1.29 is 13.9 Å². The number of allylic oxidation sites excluding steroid dienone is 1. The molecule has 3 nitrogen and oxygen atoms in total. The number of hydrogen-bond donors (Lipinski definition) is 1. The van der Waals surface area contributed by atoms with Gasteiger partial charge in [0.15, 0.2) is 0 Å². The van der Waals surface area contributed by atoms with Crippen molar-refractivity contribution in [3.05, 3.63) is 40.5 Å². The third-order valence-electron chi connectivity index (χ3n) is 2.70. The fourth-order valence-electron chi connectivity index (χ4n) is 1.77. The number of aromatic amines is 1. The highest BCUT2D eigenvalue weighted by Gasteiger charge is 2.13. The van der Waals surface area contributed by atoms with Gasteiger partial charge in [0.25, 0.3) is 0 Å². The number of hydrogen-bond acceptors (Lipinski definition) is 2. The van der Waals surface area contributed by atoms with E-state index in [0.29, 0.717) is 21.5 Å². The largest absolute Gasteiger partial charge is 0.489 e. The summed E-state index contributed by atoms with van der Waals surface area (Å²) in [6, 6.07) is 5.30. The Morgan fingerprint density at radius 1 is 1.55 bits per heavy atom. The van der Waals surface area contributed by atoms with Crippen molar-refractivity contribution in [2.75, 3.05) is 6.61 Å². The van der Waals surface area contributed by atoms with Crippen LogP contribution in [0, 0.1) is 0 Å². The Hall–Kier alpha value is -1.19. The van der Waals surface area contributed by atoms with Gasteiger partial charge in [-0.1, -0.05) is 15.8 Å². The second kappa shape index (κ2) is 6.06. The van der Waals surface area contributed by atoms with Crippen LogP contribution >= 0.6 is 25.2 Å². The van der Waals surface area contributed by atoms with Gasteiger partial charge in [0.1, 0.15) is 18.3 Å². The molecule has 0 radical (unpaired) electrons. The lowest BCUT2D eigenvalue weighted by Crippen LogP contribution is -2.05. The minimum Gasteiger partial charge on any atom is -0.489 e. The standard InChI is InChI=1S/C14H14BrFNO2P/c1-7(2)14(18)11-3-8-4-12(19-6-13(16)20)9(15)5-10(8)17-11/h3-5,13,17H,1,6,20H2,2H3/t13-/m1/s1. The fraction of sp³-hybridized carbons (Fsp3) is 0.214. The van der Waals surface area contributed by atoms with E-state index >= 15 is 0 Å². The maximum atomic E-state index is 12.8. The summed E-state index contributed by atoms with van der Waals surface area (Å²) in [6.45, 7) is 5.26.